The number of carbonyl (C=O) groups excluding carboxylic acids is 1. The average molecular weight is 209 g/mol. The lowest BCUT2D eigenvalue weighted by atomic mass is 9.65. The number of Topliss-reactive ketones (excluding diaryl/α,β-unsaturated/α-hetero) is 1. The van der Waals surface area contributed by atoms with Crippen molar-refractivity contribution in [2.24, 2.45) is 29.1 Å². The Morgan fingerprint density at radius 1 is 1.40 bits per heavy atom. The van der Waals surface area contributed by atoms with E-state index in [1.54, 1.807) is 0 Å². The minimum absolute atomic E-state index is 0.302. The van der Waals surface area contributed by atoms with E-state index in [1.807, 2.05) is 0 Å². The summed E-state index contributed by atoms with van der Waals surface area (Å²) in [7, 11) is 4.13. The normalized spacial score (nSPS) is 42.9. The van der Waals surface area contributed by atoms with Gasteiger partial charge in [-0.2, -0.15) is 0 Å². The molecule has 0 amide bonds. The minimum Gasteiger partial charge on any atom is -0.309 e. The molecule has 0 aromatic heterocycles. The summed E-state index contributed by atoms with van der Waals surface area (Å²) in [6.07, 6.45) is 1.14. The van der Waals surface area contributed by atoms with Gasteiger partial charge in [-0.3, -0.25) is 4.79 Å². The van der Waals surface area contributed by atoms with Gasteiger partial charge in [-0.15, -0.1) is 0 Å². The van der Waals surface area contributed by atoms with Crippen LogP contribution in [0, 0.1) is 29.1 Å². The Morgan fingerprint density at radius 2 is 2.00 bits per heavy atom. The Labute approximate surface area is 93.0 Å². The first-order valence-electron chi connectivity index (χ1n) is 6.04. The fraction of sp³-hybridized carbons (Fsp3) is 0.923. The van der Waals surface area contributed by atoms with Gasteiger partial charge in [0.25, 0.3) is 0 Å². The summed E-state index contributed by atoms with van der Waals surface area (Å²) >= 11 is 0. The molecule has 86 valence electrons. The number of hydrogen-bond donors (Lipinski definition) is 0. The predicted octanol–water partition coefficient (Wildman–Crippen LogP) is 2.05. The third-order valence-corrected chi connectivity index (χ3v) is 5.02. The van der Waals surface area contributed by atoms with E-state index in [4.69, 9.17) is 0 Å². The predicted molar refractivity (Wildman–Crippen MR) is 61.6 cm³/mol. The number of nitrogens with zero attached hydrogens (tertiary/aromatic N) is 1. The van der Waals surface area contributed by atoms with Gasteiger partial charge in [0.15, 0.2) is 0 Å². The lowest BCUT2D eigenvalue weighted by Crippen LogP contribution is -2.43. The molecule has 0 spiro atoms. The molecule has 0 heterocycles. The Morgan fingerprint density at radius 3 is 2.47 bits per heavy atom. The summed E-state index contributed by atoms with van der Waals surface area (Å²) in [4.78, 5) is 14.3. The summed E-state index contributed by atoms with van der Waals surface area (Å²) in [5.74, 6) is 2.40. The highest BCUT2D eigenvalue weighted by Gasteiger charge is 2.59. The summed E-state index contributed by atoms with van der Waals surface area (Å²) < 4.78 is 0. The number of hydrogen-bond acceptors (Lipinski definition) is 2. The highest BCUT2D eigenvalue weighted by molar-refractivity contribution is 5.87. The van der Waals surface area contributed by atoms with E-state index in [1.165, 1.54) is 0 Å². The molecule has 2 bridgehead atoms. The van der Waals surface area contributed by atoms with Gasteiger partial charge >= 0.3 is 0 Å². The molecule has 2 saturated carbocycles. The minimum atomic E-state index is 0.302. The Bertz CT molecular complexity index is 282. The van der Waals surface area contributed by atoms with E-state index >= 15 is 0 Å². The van der Waals surface area contributed by atoms with E-state index in [9.17, 15) is 4.79 Å². The van der Waals surface area contributed by atoms with Crippen LogP contribution in [0.15, 0.2) is 0 Å². The zero-order valence-corrected chi connectivity index (χ0v) is 10.6. The molecule has 15 heavy (non-hydrogen) atoms. The van der Waals surface area contributed by atoms with Gasteiger partial charge in [0.2, 0.25) is 0 Å². The van der Waals surface area contributed by atoms with Crippen molar-refractivity contribution < 1.29 is 4.79 Å². The first-order chi connectivity index (χ1) is 6.85. The topological polar surface area (TPSA) is 20.3 Å². The van der Waals surface area contributed by atoms with Gasteiger partial charge in [0.05, 0.1) is 0 Å². The van der Waals surface area contributed by atoms with Gasteiger partial charge in [-0.1, -0.05) is 20.8 Å². The SMILES string of the molecule is C[C@@H]1[C@H]2C[C@H]([C@H](CN(C)C)C2=O)C1(C)C. The van der Waals surface area contributed by atoms with Gasteiger partial charge in [0, 0.05) is 18.4 Å². The van der Waals surface area contributed by atoms with Crippen molar-refractivity contribution in [3.05, 3.63) is 0 Å². The Hall–Kier alpha value is -0.370. The quantitative estimate of drug-likeness (QED) is 0.693. The number of carbonyl (C=O) groups is 1. The third kappa shape index (κ3) is 1.45. The average Bonchev–Trinajstić information content (AvgIpc) is 2.52. The fourth-order valence-corrected chi connectivity index (χ4v) is 3.77. The zero-order valence-electron chi connectivity index (χ0n) is 10.6. The molecule has 0 N–H and O–H groups in total. The van der Waals surface area contributed by atoms with Gasteiger partial charge in [-0.05, 0) is 37.8 Å². The first-order valence-corrected chi connectivity index (χ1v) is 6.04. The molecule has 2 aliphatic rings. The van der Waals surface area contributed by atoms with Crippen LogP contribution in [0.25, 0.3) is 0 Å². The largest absolute Gasteiger partial charge is 0.309 e. The highest BCUT2D eigenvalue weighted by Crippen LogP contribution is 2.59. The molecule has 2 nitrogen and oxygen atoms in total. The Kier molecular flexibility index (Phi) is 2.45. The van der Waals surface area contributed by atoms with Crippen molar-refractivity contribution in [2.45, 2.75) is 27.2 Å². The van der Waals surface area contributed by atoms with E-state index in [0.29, 0.717) is 34.9 Å². The summed E-state index contributed by atoms with van der Waals surface area (Å²) in [5, 5.41) is 0. The summed E-state index contributed by atoms with van der Waals surface area (Å²) in [6, 6.07) is 0. The third-order valence-electron chi connectivity index (χ3n) is 5.02. The molecule has 2 fully saturated rings. The smallest absolute Gasteiger partial charge is 0.140 e. The van der Waals surface area contributed by atoms with Crippen LogP contribution in [0.4, 0.5) is 0 Å². The number of rotatable bonds is 2. The van der Waals surface area contributed by atoms with Crippen LogP contribution >= 0.6 is 0 Å². The second-order valence-corrected chi connectivity index (χ2v) is 6.33. The standard InChI is InChI=1S/C13H23NO/c1-8-9-6-11(13(8,2)3)10(12(9)15)7-14(4)5/h8-11H,6-7H2,1-5H3/t8-,9-,10+,11-/m1/s1. The molecule has 2 rings (SSSR count). The molecular formula is C13H23NO. The van der Waals surface area contributed by atoms with Gasteiger partial charge in [0.1, 0.15) is 5.78 Å². The van der Waals surface area contributed by atoms with Crippen molar-refractivity contribution in [1.82, 2.24) is 4.90 Å². The van der Waals surface area contributed by atoms with E-state index in [-0.39, 0.29) is 0 Å². The van der Waals surface area contributed by atoms with Crippen LogP contribution in [-0.2, 0) is 4.79 Å². The molecule has 0 radical (unpaired) electrons. The molecule has 2 aliphatic carbocycles. The highest BCUT2D eigenvalue weighted by atomic mass is 16.1. The lowest BCUT2D eigenvalue weighted by molar-refractivity contribution is -0.131. The first kappa shape index (κ1) is 11.1. The fourth-order valence-electron chi connectivity index (χ4n) is 3.77. The van der Waals surface area contributed by atoms with Crippen LogP contribution < -0.4 is 0 Å². The maximum atomic E-state index is 12.2. The zero-order chi connectivity index (χ0) is 11.4. The van der Waals surface area contributed by atoms with Crippen LogP contribution in [0.1, 0.15) is 27.2 Å². The molecule has 2 heteroatoms. The van der Waals surface area contributed by atoms with Crippen molar-refractivity contribution in [3.63, 3.8) is 0 Å². The van der Waals surface area contributed by atoms with Crippen LogP contribution in [0.2, 0.25) is 0 Å². The molecule has 0 unspecified atom stereocenters. The molecule has 0 aromatic rings. The lowest BCUT2D eigenvalue weighted by Gasteiger charge is -2.40. The van der Waals surface area contributed by atoms with Crippen LogP contribution in [0.3, 0.4) is 0 Å². The maximum absolute atomic E-state index is 12.2. The summed E-state index contributed by atoms with van der Waals surface area (Å²) in [6.45, 7) is 7.89. The van der Waals surface area contributed by atoms with E-state index in [2.05, 4.69) is 39.8 Å². The van der Waals surface area contributed by atoms with Crippen molar-refractivity contribution in [2.75, 3.05) is 20.6 Å². The van der Waals surface area contributed by atoms with Crippen molar-refractivity contribution in [1.29, 1.82) is 0 Å². The molecular weight excluding hydrogens is 186 g/mol. The monoisotopic (exact) mass is 209 g/mol. The second-order valence-electron chi connectivity index (χ2n) is 6.33. The molecule has 0 aliphatic heterocycles. The molecule has 0 saturated heterocycles. The van der Waals surface area contributed by atoms with Crippen molar-refractivity contribution in [3.8, 4) is 0 Å². The molecule has 4 atom stereocenters. The molecule has 0 aromatic carbocycles. The summed E-state index contributed by atoms with van der Waals surface area (Å²) in [5.41, 5.74) is 0.360. The van der Waals surface area contributed by atoms with E-state index in [0.717, 1.165) is 13.0 Å². The second kappa shape index (κ2) is 3.31. The van der Waals surface area contributed by atoms with E-state index < -0.39 is 0 Å². The maximum Gasteiger partial charge on any atom is 0.140 e. The number of fused-ring (bicyclic) bond motifs is 2. The van der Waals surface area contributed by atoms with Crippen molar-refractivity contribution >= 4 is 5.78 Å². The van der Waals surface area contributed by atoms with Crippen LogP contribution in [-0.4, -0.2) is 31.3 Å². The van der Waals surface area contributed by atoms with Crippen LogP contribution in [0.5, 0.6) is 0 Å². The van der Waals surface area contributed by atoms with Gasteiger partial charge in [-0.25, -0.2) is 0 Å². The van der Waals surface area contributed by atoms with Gasteiger partial charge < -0.3 is 4.90 Å². The number of ketones is 1. The Balaban J connectivity index is 2.21.